The van der Waals surface area contributed by atoms with Crippen LogP contribution in [0.25, 0.3) is 0 Å². The minimum absolute atomic E-state index is 0. The molecule has 0 spiro atoms. The van der Waals surface area contributed by atoms with Crippen LogP contribution >= 0.6 is 7.82 Å². The van der Waals surface area contributed by atoms with Crippen molar-refractivity contribution in [3.8, 4) is 0 Å². The van der Waals surface area contributed by atoms with Gasteiger partial charge in [-0.15, -0.1) is 0 Å². The molecule has 0 aromatic carbocycles. The summed E-state index contributed by atoms with van der Waals surface area (Å²) in [6.45, 7) is 0.462. The number of phosphoric acid groups is 1. The molecule has 0 aliphatic carbocycles. The van der Waals surface area contributed by atoms with Crippen molar-refractivity contribution in [3.63, 3.8) is 0 Å². The van der Waals surface area contributed by atoms with Crippen LogP contribution in [0.1, 0.15) is 19.3 Å². The van der Waals surface area contributed by atoms with Crippen LogP contribution in [0.5, 0.6) is 0 Å². The first-order chi connectivity index (χ1) is 6.37. The van der Waals surface area contributed by atoms with Crippen LogP contribution in [0.15, 0.2) is 0 Å². The molecule has 0 unspecified atom stereocenters. The summed E-state index contributed by atoms with van der Waals surface area (Å²) < 4.78 is 13.6. The Hall–Kier alpha value is 0.800. The maximum atomic E-state index is 10.8. The molecule has 1 atom stereocenters. The van der Waals surface area contributed by atoms with Crippen molar-refractivity contribution in [2.45, 2.75) is 25.3 Å². The summed E-state index contributed by atoms with van der Waals surface area (Å²) in [5, 5.41) is 0. The van der Waals surface area contributed by atoms with Gasteiger partial charge in [0, 0.05) is 0 Å². The normalized spacial score (nSPS) is 12.8. The number of carbonyl (C=O) groups excluding carboxylic acids is 1. The van der Waals surface area contributed by atoms with Crippen molar-refractivity contribution in [2.75, 3.05) is 6.54 Å². The largest absolute Gasteiger partial charge is 2.00 e. The number of phosphoric ester groups is 1. The van der Waals surface area contributed by atoms with Crippen LogP contribution in [0.3, 0.4) is 0 Å². The monoisotopic (exact) mass is 264 g/mol. The van der Waals surface area contributed by atoms with E-state index in [0.717, 1.165) is 0 Å². The molecule has 0 aromatic rings. The Morgan fingerprint density at radius 3 is 2.33 bits per heavy atom. The number of nitrogens with two attached hydrogens (primary N) is 2. The van der Waals surface area contributed by atoms with Crippen LogP contribution in [0.2, 0.25) is 0 Å². The molecule has 0 bridgehead atoms. The van der Waals surface area contributed by atoms with Gasteiger partial charge in [-0.05, 0) is 19.4 Å². The Balaban J connectivity index is 0. The van der Waals surface area contributed by atoms with Crippen molar-refractivity contribution in [2.24, 2.45) is 11.5 Å². The second-order valence-corrected chi connectivity index (χ2v) is 3.83. The van der Waals surface area contributed by atoms with Crippen LogP contribution < -0.4 is 21.3 Å². The SMILES string of the molecule is NCCCC[C@H](N)C(=O)OP(=O)([O-])[O-].[Ca+2]. The maximum Gasteiger partial charge on any atom is 2.00 e. The molecule has 9 heteroatoms. The van der Waals surface area contributed by atoms with Gasteiger partial charge in [0.2, 0.25) is 0 Å². The van der Waals surface area contributed by atoms with Gasteiger partial charge >= 0.3 is 43.7 Å². The first-order valence-corrected chi connectivity index (χ1v) is 5.54. The summed E-state index contributed by atoms with van der Waals surface area (Å²) in [5.74, 6) is -1.21. The Bertz CT molecular complexity index is 234. The molecular weight excluding hydrogens is 251 g/mol. The zero-order valence-electron chi connectivity index (χ0n) is 8.26. The van der Waals surface area contributed by atoms with Gasteiger partial charge in [0.15, 0.2) is 0 Å². The van der Waals surface area contributed by atoms with Crippen molar-refractivity contribution in [3.05, 3.63) is 0 Å². The number of carbonyl (C=O) groups is 1. The Morgan fingerprint density at radius 2 is 1.93 bits per heavy atom. The fourth-order valence-corrected chi connectivity index (χ4v) is 1.16. The predicted molar refractivity (Wildman–Crippen MR) is 50.3 cm³/mol. The summed E-state index contributed by atoms with van der Waals surface area (Å²) in [6.07, 6.45) is 1.50. The van der Waals surface area contributed by atoms with Crippen molar-refractivity contribution < 1.29 is 23.7 Å². The van der Waals surface area contributed by atoms with E-state index in [2.05, 4.69) is 4.52 Å². The molecule has 7 nitrogen and oxygen atoms in total. The first-order valence-electron chi connectivity index (χ1n) is 4.08. The van der Waals surface area contributed by atoms with Crippen molar-refractivity contribution in [1.82, 2.24) is 0 Å². The second-order valence-electron chi connectivity index (χ2n) is 2.75. The zero-order chi connectivity index (χ0) is 11.2. The van der Waals surface area contributed by atoms with Gasteiger partial charge in [-0.2, -0.15) is 0 Å². The van der Waals surface area contributed by atoms with Crippen LogP contribution in [-0.2, 0) is 13.9 Å². The fourth-order valence-electron chi connectivity index (χ4n) is 0.804. The van der Waals surface area contributed by atoms with E-state index in [1.807, 2.05) is 0 Å². The molecule has 84 valence electrons. The van der Waals surface area contributed by atoms with Gasteiger partial charge in [-0.3, -0.25) is 4.79 Å². The fraction of sp³-hybridized carbons (Fsp3) is 0.833. The van der Waals surface area contributed by atoms with E-state index >= 15 is 0 Å². The van der Waals surface area contributed by atoms with E-state index in [4.69, 9.17) is 11.5 Å². The minimum Gasteiger partial charge on any atom is -0.780 e. The quantitative estimate of drug-likeness (QED) is 0.305. The van der Waals surface area contributed by atoms with Crippen LogP contribution in [0.4, 0.5) is 0 Å². The standard InChI is InChI=1S/C6H15N2O5P.Ca/c7-4-2-1-3-5(8)6(9)13-14(10,11)12;/h5H,1-4,7-8H2,(H2,10,11,12);/q;+2/p-2/t5-;/m0./s1. The third kappa shape index (κ3) is 11.1. The summed E-state index contributed by atoms with van der Waals surface area (Å²) in [7, 11) is -5.27. The van der Waals surface area contributed by atoms with Gasteiger partial charge in [0.1, 0.15) is 13.9 Å². The van der Waals surface area contributed by atoms with E-state index in [-0.39, 0.29) is 44.2 Å². The molecular formula is C6H13CaN2O5P. The summed E-state index contributed by atoms with van der Waals surface area (Å²) in [4.78, 5) is 30.9. The average Bonchev–Trinajstić information content (AvgIpc) is 2.01. The van der Waals surface area contributed by atoms with Gasteiger partial charge in [0.25, 0.3) is 0 Å². The molecule has 0 aromatic heterocycles. The van der Waals surface area contributed by atoms with E-state index in [1.54, 1.807) is 0 Å². The second kappa shape index (κ2) is 8.90. The van der Waals surface area contributed by atoms with Crippen molar-refractivity contribution >= 4 is 51.5 Å². The molecule has 0 fully saturated rings. The molecule has 0 aliphatic heterocycles. The van der Waals surface area contributed by atoms with E-state index in [9.17, 15) is 19.1 Å². The van der Waals surface area contributed by atoms with Gasteiger partial charge in [0.05, 0.1) is 0 Å². The molecule has 15 heavy (non-hydrogen) atoms. The van der Waals surface area contributed by atoms with Gasteiger partial charge in [-0.1, -0.05) is 6.42 Å². The molecule has 0 saturated heterocycles. The summed E-state index contributed by atoms with van der Waals surface area (Å²) >= 11 is 0. The minimum atomic E-state index is -5.27. The van der Waals surface area contributed by atoms with Crippen LogP contribution in [0, 0.1) is 0 Å². The number of unbranched alkanes of at least 4 members (excludes halogenated alkanes) is 1. The topological polar surface area (TPSA) is 142 Å². The number of hydrogen-bond acceptors (Lipinski definition) is 7. The summed E-state index contributed by atoms with van der Waals surface area (Å²) in [6, 6.07) is -1.09. The van der Waals surface area contributed by atoms with E-state index in [1.165, 1.54) is 0 Å². The van der Waals surface area contributed by atoms with Crippen molar-refractivity contribution in [1.29, 1.82) is 0 Å². The van der Waals surface area contributed by atoms with Gasteiger partial charge in [-0.25, -0.2) is 0 Å². The van der Waals surface area contributed by atoms with E-state index in [0.29, 0.717) is 19.4 Å². The smallest absolute Gasteiger partial charge is 0.780 e. The third-order valence-electron chi connectivity index (χ3n) is 1.47. The molecule has 4 N–H and O–H groups in total. The molecule has 0 rings (SSSR count). The van der Waals surface area contributed by atoms with E-state index < -0.39 is 19.8 Å². The first kappa shape index (κ1) is 18.2. The summed E-state index contributed by atoms with van der Waals surface area (Å²) in [5.41, 5.74) is 10.4. The Kier molecular flexibility index (Phi) is 10.8. The van der Waals surface area contributed by atoms with Crippen LogP contribution in [-0.4, -0.2) is 56.3 Å². The maximum absolute atomic E-state index is 10.8. The molecule has 0 radical (unpaired) electrons. The zero-order valence-corrected chi connectivity index (χ0v) is 11.4. The Morgan fingerprint density at radius 1 is 1.40 bits per heavy atom. The Labute approximate surface area is 118 Å². The third-order valence-corrected chi connectivity index (χ3v) is 1.88. The molecule has 0 amide bonds. The number of hydrogen-bond donors (Lipinski definition) is 2. The number of rotatable bonds is 6. The average molecular weight is 264 g/mol. The molecule has 0 saturated carbocycles. The van der Waals surface area contributed by atoms with Gasteiger partial charge < -0.3 is 30.3 Å². The predicted octanol–water partition coefficient (Wildman–Crippen LogP) is -2.57. The molecule has 0 aliphatic rings. The molecule has 0 heterocycles.